The Bertz CT molecular complexity index is 331. The minimum absolute atomic E-state index is 0.440. The highest BCUT2D eigenvalue weighted by molar-refractivity contribution is 7.99. The van der Waals surface area contributed by atoms with Crippen LogP contribution in [0, 0.1) is 0 Å². The van der Waals surface area contributed by atoms with E-state index >= 15 is 0 Å². The van der Waals surface area contributed by atoms with E-state index in [-0.39, 0.29) is 0 Å². The van der Waals surface area contributed by atoms with Crippen LogP contribution in [0.5, 0.6) is 0 Å². The van der Waals surface area contributed by atoms with Gasteiger partial charge in [0, 0.05) is 5.75 Å². The van der Waals surface area contributed by atoms with E-state index in [4.69, 9.17) is 9.47 Å². The van der Waals surface area contributed by atoms with Crippen LogP contribution in [0.1, 0.15) is 48.5 Å². The standard InChI is InChI=1S/C14H27NO4S/c1-8-20-9-10(11(16)18-13(2,3)4)15-12(17)19-14(5,6)7/h10H,8-9H2,1-7H3,(H,15,17)/t10-/m0/s1. The Morgan fingerprint density at radius 2 is 1.55 bits per heavy atom. The van der Waals surface area contributed by atoms with Gasteiger partial charge >= 0.3 is 12.1 Å². The summed E-state index contributed by atoms with van der Waals surface area (Å²) in [6.45, 7) is 12.7. The molecule has 1 N–H and O–H groups in total. The van der Waals surface area contributed by atoms with E-state index in [9.17, 15) is 9.59 Å². The molecule has 0 aliphatic heterocycles. The number of thioether (sulfide) groups is 1. The first-order valence-electron chi connectivity index (χ1n) is 6.74. The Kier molecular flexibility index (Phi) is 7.41. The van der Waals surface area contributed by atoms with Gasteiger partial charge < -0.3 is 14.8 Å². The largest absolute Gasteiger partial charge is 0.458 e. The molecule has 20 heavy (non-hydrogen) atoms. The maximum Gasteiger partial charge on any atom is 0.408 e. The average Bonchev–Trinajstić information content (AvgIpc) is 2.18. The first kappa shape index (κ1) is 19.1. The molecule has 0 aromatic carbocycles. The SMILES string of the molecule is CCSC[C@H](NC(=O)OC(C)(C)C)C(=O)OC(C)(C)C. The van der Waals surface area contributed by atoms with E-state index < -0.39 is 29.3 Å². The lowest BCUT2D eigenvalue weighted by atomic mass is 10.2. The van der Waals surface area contributed by atoms with Crippen molar-refractivity contribution < 1.29 is 19.1 Å². The van der Waals surface area contributed by atoms with Crippen molar-refractivity contribution in [3.63, 3.8) is 0 Å². The highest BCUT2D eigenvalue weighted by Crippen LogP contribution is 2.12. The molecule has 0 aromatic rings. The molecule has 0 rings (SSSR count). The van der Waals surface area contributed by atoms with Crippen LogP contribution in [-0.4, -0.2) is 40.8 Å². The predicted molar refractivity (Wildman–Crippen MR) is 82.0 cm³/mol. The lowest BCUT2D eigenvalue weighted by molar-refractivity contribution is -0.156. The molecule has 0 radical (unpaired) electrons. The number of amides is 1. The number of esters is 1. The van der Waals surface area contributed by atoms with Crippen LogP contribution in [-0.2, 0) is 14.3 Å². The summed E-state index contributed by atoms with van der Waals surface area (Å²) in [6, 6.07) is -0.700. The van der Waals surface area contributed by atoms with Crippen molar-refractivity contribution >= 4 is 23.8 Å². The van der Waals surface area contributed by atoms with Crippen LogP contribution in [0.4, 0.5) is 4.79 Å². The van der Waals surface area contributed by atoms with Crippen molar-refractivity contribution in [2.75, 3.05) is 11.5 Å². The molecule has 1 atom stereocenters. The Labute approximate surface area is 126 Å². The van der Waals surface area contributed by atoms with Crippen LogP contribution in [0.25, 0.3) is 0 Å². The summed E-state index contributed by atoms with van der Waals surface area (Å²) in [6.07, 6.45) is -0.606. The summed E-state index contributed by atoms with van der Waals surface area (Å²) >= 11 is 1.56. The number of hydrogen-bond donors (Lipinski definition) is 1. The fourth-order valence-corrected chi connectivity index (χ4v) is 1.92. The van der Waals surface area contributed by atoms with E-state index in [1.807, 2.05) is 6.92 Å². The number of carbonyl (C=O) groups excluding carboxylic acids is 2. The molecule has 5 nitrogen and oxygen atoms in total. The number of carbonyl (C=O) groups is 2. The highest BCUT2D eigenvalue weighted by Gasteiger charge is 2.28. The van der Waals surface area contributed by atoms with Crippen molar-refractivity contribution in [3.8, 4) is 0 Å². The summed E-state index contributed by atoms with van der Waals surface area (Å²) in [5.41, 5.74) is -1.18. The van der Waals surface area contributed by atoms with Crippen molar-refractivity contribution in [2.45, 2.75) is 65.7 Å². The Hall–Kier alpha value is -0.910. The minimum atomic E-state index is -0.700. The molecule has 0 saturated heterocycles. The highest BCUT2D eigenvalue weighted by atomic mass is 32.2. The quantitative estimate of drug-likeness (QED) is 0.791. The molecular formula is C14H27NO4S. The zero-order valence-electron chi connectivity index (χ0n) is 13.5. The van der Waals surface area contributed by atoms with Crippen LogP contribution in [0.15, 0.2) is 0 Å². The van der Waals surface area contributed by atoms with Gasteiger partial charge in [-0.05, 0) is 47.3 Å². The zero-order valence-corrected chi connectivity index (χ0v) is 14.3. The number of hydrogen-bond acceptors (Lipinski definition) is 5. The monoisotopic (exact) mass is 305 g/mol. The van der Waals surface area contributed by atoms with Crippen molar-refractivity contribution in [3.05, 3.63) is 0 Å². The van der Waals surface area contributed by atoms with Crippen LogP contribution in [0.3, 0.4) is 0 Å². The van der Waals surface area contributed by atoms with E-state index in [0.717, 1.165) is 5.75 Å². The fraction of sp³-hybridized carbons (Fsp3) is 0.857. The van der Waals surface area contributed by atoms with Gasteiger partial charge in [-0.2, -0.15) is 11.8 Å². The van der Waals surface area contributed by atoms with Gasteiger partial charge in [-0.1, -0.05) is 6.92 Å². The van der Waals surface area contributed by atoms with Gasteiger partial charge in [0.25, 0.3) is 0 Å². The second-order valence-corrected chi connectivity index (χ2v) is 7.71. The van der Waals surface area contributed by atoms with E-state index in [1.165, 1.54) is 0 Å². The van der Waals surface area contributed by atoms with Gasteiger partial charge in [-0.3, -0.25) is 0 Å². The Morgan fingerprint density at radius 3 is 1.95 bits per heavy atom. The normalized spacial score (nSPS) is 13.6. The summed E-state index contributed by atoms with van der Waals surface area (Å²) in [5, 5.41) is 2.57. The Balaban J connectivity index is 4.63. The maximum absolute atomic E-state index is 12.1. The van der Waals surface area contributed by atoms with E-state index in [0.29, 0.717) is 5.75 Å². The first-order chi connectivity index (χ1) is 8.94. The lowest BCUT2D eigenvalue weighted by Gasteiger charge is -2.26. The topological polar surface area (TPSA) is 64.6 Å². The van der Waals surface area contributed by atoms with Crippen molar-refractivity contribution in [2.24, 2.45) is 0 Å². The van der Waals surface area contributed by atoms with Gasteiger partial charge in [0.2, 0.25) is 0 Å². The van der Waals surface area contributed by atoms with Crippen LogP contribution in [0.2, 0.25) is 0 Å². The van der Waals surface area contributed by atoms with Crippen LogP contribution < -0.4 is 5.32 Å². The first-order valence-corrected chi connectivity index (χ1v) is 7.90. The summed E-state index contributed by atoms with van der Waals surface area (Å²) in [5.74, 6) is 0.879. The minimum Gasteiger partial charge on any atom is -0.458 e. The third-order valence-corrected chi connectivity index (χ3v) is 2.85. The van der Waals surface area contributed by atoms with Gasteiger partial charge in [0.15, 0.2) is 0 Å². The van der Waals surface area contributed by atoms with Gasteiger partial charge in [-0.25, -0.2) is 9.59 Å². The second kappa shape index (κ2) is 7.76. The van der Waals surface area contributed by atoms with Gasteiger partial charge in [-0.15, -0.1) is 0 Å². The third kappa shape index (κ3) is 9.95. The molecule has 0 aliphatic carbocycles. The average molecular weight is 305 g/mol. The molecule has 0 bridgehead atoms. The van der Waals surface area contributed by atoms with Crippen molar-refractivity contribution in [1.29, 1.82) is 0 Å². The predicted octanol–water partition coefficient (Wildman–Crippen LogP) is 2.97. The lowest BCUT2D eigenvalue weighted by Crippen LogP contribution is -2.47. The molecule has 1 amide bonds. The number of alkyl carbamates (subject to hydrolysis) is 1. The summed E-state index contributed by atoms with van der Waals surface area (Å²) in [7, 11) is 0. The second-order valence-electron chi connectivity index (χ2n) is 6.39. The molecule has 0 fully saturated rings. The molecule has 0 aliphatic rings. The fourth-order valence-electron chi connectivity index (χ4n) is 1.23. The maximum atomic E-state index is 12.1. The number of nitrogens with one attached hydrogen (secondary N) is 1. The molecule has 0 saturated carbocycles. The molecule has 6 heteroatoms. The van der Waals surface area contributed by atoms with Crippen LogP contribution >= 0.6 is 11.8 Å². The van der Waals surface area contributed by atoms with Gasteiger partial charge in [0.1, 0.15) is 17.2 Å². The molecular weight excluding hydrogens is 278 g/mol. The van der Waals surface area contributed by atoms with Crippen molar-refractivity contribution in [1.82, 2.24) is 5.32 Å². The molecule has 118 valence electrons. The molecule has 0 heterocycles. The Morgan fingerprint density at radius 1 is 1.05 bits per heavy atom. The molecule has 0 unspecified atom stereocenters. The van der Waals surface area contributed by atoms with E-state index in [1.54, 1.807) is 53.3 Å². The number of ether oxygens (including phenoxy) is 2. The zero-order chi connectivity index (χ0) is 16.0. The van der Waals surface area contributed by atoms with Gasteiger partial charge in [0.05, 0.1) is 0 Å². The molecule has 0 spiro atoms. The molecule has 0 aromatic heterocycles. The summed E-state index contributed by atoms with van der Waals surface area (Å²) < 4.78 is 10.5. The third-order valence-electron chi connectivity index (χ3n) is 1.87. The number of rotatable bonds is 5. The smallest absolute Gasteiger partial charge is 0.408 e. The van der Waals surface area contributed by atoms with E-state index in [2.05, 4.69) is 5.32 Å². The summed E-state index contributed by atoms with van der Waals surface area (Å²) in [4.78, 5) is 23.8.